The predicted octanol–water partition coefficient (Wildman–Crippen LogP) is 1.09. The molecule has 1 aromatic heterocycles. The van der Waals surface area contributed by atoms with Crippen molar-refractivity contribution >= 4 is 5.82 Å². The minimum absolute atomic E-state index is 0.147. The van der Waals surface area contributed by atoms with Gasteiger partial charge in [-0.25, -0.2) is 0 Å². The minimum atomic E-state index is 0.147. The lowest BCUT2D eigenvalue weighted by atomic mass is 9.82. The third-order valence-electron chi connectivity index (χ3n) is 3.65. The molecule has 1 aromatic rings. The number of nitrogens with two attached hydrogens (primary N) is 2. The maximum atomic E-state index is 5.99. The zero-order valence-electron chi connectivity index (χ0n) is 9.82. The molecule has 5 nitrogen and oxygen atoms in total. The highest BCUT2D eigenvalue weighted by atomic mass is 15.3. The number of rotatable bonds is 3. The Kier molecular flexibility index (Phi) is 3.46. The van der Waals surface area contributed by atoms with E-state index in [4.69, 9.17) is 11.6 Å². The number of aromatic nitrogens is 2. The molecule has 2 rings (SSSR count). The SMILES string of the molecule is Cn1ncc(C(NN)C2CCCCC2)c1N. The summed E-state index contributed by atoms with van der Waals surface area (Å²) in [4.78, 5) is 0. The van der Waals surface area contributed by atoms with Crippen molar-refractivity contribution in [3.05, 3.63) is 11.8 Å². The molecule has 90 valence electrons. The molecule has 1 aliphatic rings. The number of hydrogen-bond donors (Lipinski definition) is 3. The van der Waals surface area contributed by atoms with E-state index in [1.54, 1.807) is 4.68 Å². The van der Waals surface area contributed by atoms with Crippen LogP contribution in [0.4, 0.5) is 5.82 Å². The molecule has 0 spiro atoms. The fourth-order valence-corrected chi connectivity index (χ4v) is 2.65. The molecule has 1 unspecified atom stereocenters. The average Bonchev–Trinajstić information content (AvgIpc) is 2.64. The number of aryl methyl sites for hydroxylation is 1. The highest BCUT2D eigenvalue weighted by molar-refractivity contribution is 5.41. The number of hydrazine groups is 1. The van der Waals surface area contributed by atoms with Gasteiger partial charge in [-0.2, -0.15) is 5.10 Å². The van der Waals surface area contributed by atoms with Gasteiger partial charge in [0.25, 0.3) is 0 Å². The van der Waals surface area contributed by atoms with Crippen molar-refractivity contribution in [2.24, 2.45) is 18.8 Å². The maximum absolute atomic E-state index is 5.99. The van der Waals surface area contributed by atoms with Gasteiger partial charge >= 0.3 is 0 Å². The van der Waals surface area contributed by atoms with Crippen LogP contribution < -0.4 is 17.0 Å². The summed E-state index contributed by atoms with van der Waals surface area (Å²) >= 11 is 0. The third-order valence-corrected chi connectivity index (χ3v) is 3.65. The Morgan fingerprint density at radius 1 is 1.44 bits per heavy atom. The van der Waals surface area contributed by atoms with Crippen LogP contribution in [0.25, 0.3) is 0 Å². The van der Waals surface area contributed by atoms with Crippen LogP contribution in [0, 0.1) is 5.92 Å². The summed E-state index contributed by atoms with van der Waals surface area (Å²) < 4.78 is 1.70. The lowest BCUT2D eigenvalue weighted by Gasteiger charge is -2.29. The second-order valence-electron chi connectivity index (χ2n) is 4.65. The van der Waals surface area contributed by atoms with Crippen molar-refractivity contribution in [1.82, 2.24) is 15.2 Å². The Hall–Kier alpha value is -1.07. The van der Waals surface area contributed by atoms with Gasteiger partial charge in [-0.1, -0.05) is 19.3 Å². The van der Waals surface area contributed by atoms with Crippen LogP contribution in [0.15, 0.2) is 6.20 Å². The fraction of sp³-hybridized carbons (Fsp3) is 0.727. The summed E-state index contributed by atoms with van der Waals surface area (Å²) in [7, 11) is 1.85. The molecule has 5 N–H and O–H groups in total. The van der Waals surface area contributed by atoms with Crippen LogP contribution in [0.1, 0.15) is 43.7 Å². The summed E-state index contributed by atoms with van der Waals surface area (Å²) in [6.07, 6.45) is 8.21. The number of nitrogen functional groups attached to an aromatic ring is 1. The molecule has 1 fully saturated rings. The van der Waals surface area contributed by atoms with Crippen LogP contribution in [-0.2, 0) is 7.05 Å². The molecule has 0 aromatic carbocycles. The monoisotopic (exact) mass is 223 g/mol. The Morgan fingerprint density at radius 2 is 2.12 bits per heavy atom. The Bertz CT molecular complexity index is 340. The van der Waals surface area contributed by atoms with E-state index in [1.165, 1.54) is 32.1 Å². The lowest BCUT2D eigenvalue weighted by molar-refractivity contribution is 0.274. The summed E-state index contributed by atoms with van der Waals surface area (Å²) in [6.45, 7) is 0. The van der Waals surface area contributed by atoms with Crippen LogP contribution in [0.2, 0.25) is 0 Å². The van der Waals surface area contributed by atoms with Crippen molar-refractivity contribution < 1.29 is 0 Å². The normalized spacial score (nSPS) is 19.9. The molecule has 1 saturated carbocycles. The van der Waals surface area contributed by atoms with E-state index >= 15 is 0 Å². The van der Waals surface area contributed by atoms with Gasteiger partial charge in [0.15, 0.2) is 0 Å². The van der Waals surface area contributed by atoms with Gasteiger partial charge in [0.1, 0.15) is 5.82 Å². The van der Waals surface area contributed by atoms with Crippen LogP contribution in [-0.4, -0.2) is 9.78 Å². The van der Waals surface area contributed by atoms with Crippen LogP contribution in [0.5, 0.6) is 0 Å². The molecule has 1 heterocycles. The molecule has 5 heteroatoms. The first-order chi connectivity index (χ1) is 7.74. The van der Waals surface area contributed by atoms with E-state index in [0.717, 1.165) is 5.56 Å². The minimum Gasteiger partial charge on any atom is -0.384 e. The van der Waals surface area contributed by atoms with Gasteiger partial charge in [0.2, 0.25) is 0 Å². The average molecular weight is 223 g/mol. The zero-order valence-corrected chi connectivity index (χ0v) is 9.82. The summed E-state index contributed by atoms with van der Waals surface area (Å²) in [5, 5.41) is 4.18. The van der Waals surface area contributed by atoms with Crippen molar-refractivity contribution in [2.45, 2.75) is 38.1 Å². The number of hydrogen-bond acceptors (Lipinski definition) is 4. The molecule has 0 bridgehead atoms. The summed E-state index contributed by atoms with van der Waals surface area (Å²) in [6, 6.07) is 0.147. The number of anilines is 1. The molecule has 16 heavy (non-hydrogen) atoms. The van der Waals surface area contributed by atoms with Gasteiger partial charge in [-0.05, 0) is 18.8 Å². The van der Waals surface area contributed by atoms with E-state index in [-0.39, 0.29) is 6.04 Å². The first-order valence-electron chi connectivity index (χ1n) is 5.97. The molecular weight excluding hydrogens is 202 g/mol. The highest BCUT2D eigenvalue weighted by Crippen LogP contribution is 2.35. The lowest BCUT2D eigenvalue weighted by Crippen LogP contribution is -2.34. The largest absolute Gasteiger partial charge is 0.384 e. The predicted molar refractivity (Wildman–Crippen MR) is 64.3 cm³/mol. The molecular formula is C11H21N5. The second-order valence-corrected chi connectivity index (χ2v) is 4.65. The summed E-state index contributed by atoms with van der Waals surface area (Å²) in [5.74, 6) is 6.98. The van der Waals surface area contributed by atoms with E-state index in [2.05, 4.69) is 10.5 Å². The number of nitrogens with one attached hydrogen (secondary N) is 1. The topological polar surface area (TPSA) is 81.9 Å². The van der Waals surface area contributed by atoms with E-state index < -0.39 is 0 Å². The first-order valence-corrected chi connectivity index (χ1v) is 5.97. The Balaban J connectivity index is 2.18. The van der Waals surface area contributed by atoms with Crippen molar-refractivity contribution in [2.75, 3.05) is 5.73 Å². The second kappa shape index (κ2) is 4.84. The number of nitrogens with zero attached hydrogens (tertiary/aromatic N) is 2. The fourth-order valence-electron chi connectivity index (χ4n) is 2.65. The molecule has 0 amide bonds. The van der Waals surface area contributed by atoms with Crippen LogP contribution >= 0.6 is 0 Å². The standard InChI is InChI=1S/C11H21N5/c1-16-11(12)9(7-14-16)10(15-13)8-5-3-2-4-6-8/h7-8,10,15H,2-6,12-13H2,1H3. The smallest absolute Gasteiger partial charge is 0.126 e. The molecule has 1 atom stereocenters. The molecule has 0 radical (unpaired) electrons. The molecule has 0 saturated heterocycles. The Labute approximate surface area is 96.2 Å². The van der Waals surface area contributed by atoms with Gasteiger partial charge in [-0.3, -0.25) is 16.0 Å². The van der Waals surface area contributed by atoms with E-state index in [1.807, 2.05) is 13.2 Å². The van der Waals surface area contributed by atoms with Gasteiger partial charge in [0.05, 0.1) is 12.2 Å². The van der Waals surface area contributed by atoms with E-state index in [0.29, 0.717) is 11.7 Å². The van der Waals surface area contributed by atoms with Crippen LogP contribution in [0.3, 0.4) is 0 Å². The van der Waals surface area contributed by atoms with Gasteiger partial charge < -0.3 is 5.73 Å². The van der Waals surface area contributed by atoms with Gasteiger partial charge in [0, 0.05) is 12.6 Å². The first kappa shape index (κ1) is 11.4. The van der Waals surface area contributed by atoms with Crippen molar-refractivity contribution in [3.8, 4) is 0 Å². The van der Waals surface area contributed by atoms with Crippen molar-refractivity contribution in [1.29, 1.82) is 0 Å². The van der Waals surface area contributed by atoms with Crippen molar-refractivity contribution in [3.63, 3.8) is 0 Å². The molecule has 1 aliphatic carbocycles. The Morgan fingerprint density at radius 3 is 2.62 bits per heavy atom. The summed E-state index contributed by atoms with van der Waals surface area (Å²) in [5.41, 5.74) is 9.94. The van der Waals surface area contributed by atoms with Gasteiger partial charge in [-0.15, -0.1) is 0 Å². The quantitative estimate of drug-likeness (QED) is 0.529. The highest BCUT2D eigenvalue weighted by Gasteiger charge is 2.26. The van der Waals surface area contributed by atoms with E-state index in [9.17, 15) is 0 Å². The molecule has 0 aliphatic heterocycles. The zero-order chi connectivity index (χ0) is 11.5. The maximum Gasteiger partial charge on any atom is 0.126 e. The third kappa shape index (κ3) is 2.05.